The van der Waals surface area contributed by atoms with E-state index < -0.39 is 11.0 Å². The molecule has 3 N–H and O–H groups in total. The molecule has 0 aliphatic heterocycles. The predicted molar refractivity (Wildman–Crippen MR) is 94.2 cm³/mol. The van der Waals surface area contributed by atoms with E-state index in [1.54, 1.807) is 18.2 Å². The molecule has 1 saturated carbocycles. The van der Waals surface area contributed by atoms with Crippen LogP contribution in [0.5, 0.6) is 0 Å². The monoisotopic (exact) mass is 348 g/mol. The van der Waals surface area contributed by atoms with Gasteiger partial charge in [0.2, 0.25) is 11.8 Å². The Kier molecular flexibility index (Phi) is 6.73. The third kappa shape index (κ3) is 5.44. The largest absolute Gasteiger partial charge is 0.378 e. The summed E-state index contributed by atoms with van der Waals surface area (Å²) in [6, 6.07) is 5.85. The predicted octanol–water partition coefficient (Wildman–Crippen LogP) is 1.82. The Balaban J connectivity index is 1.84. The van der Waals surface area contributed by atoms with Crippen LogP contribution >= 0.6 is 0 Å². The highest BCUT2D eigenvalue weighted by Gasteiger charge is 2.31. The number of carbonyl (C=O) groups excluding carboxylic acids is 2. The molecule has 0 spiro atoms. The molecule has 2 rings (SSSR count). The molecule has 1 unspecified atom stereocenters. The maximum Gasteiger partial charge on any atom is 0.292 e. The maximum atomic E-state index is 12.4. The van der Waals surface area contributed by atoms with Gasteiger partial charge in [-0.3, -0.25) is 19.7 Å². The van der Waals surface area contributed by atoms with Crippen molar-refractivity contribution >= 4 is 23.2 Å². The molecule has 0 saturated heterocycles. The van der Waals surface area contributed by atoms with Gasteiger partial charge in [-0.1, -0.05) is 25.0 Å². The van der Waals surface area contributed by atoms with Gasteiger partial charge in [-0.25, -0.2) is 0 Å². The molecule has 25 heavy (non-hydrogen) atoms. The minimum absolute atomic E-state index is 0.00379. The lowest BCUT2D eigenvalue weighted by Gasteiger charge is -2.23. The molecule has 1 aliphatic carbocycles. The van der Waals surface area contributed by atoms with Crippen LogP contribution in [0.15, 0.2) is 24.3 Å². The highest BCUT2D eigenvalue weighted by Crippen LogP contribution is 2.28. The molecule has 1 aliphatic rings. The molecule has 8 nitrogen and oxygen atoms in total. The van der Waals surface area contributed by atoms with Gasteiger partial charge in [0.1, 0.15) is 11.7 Å². The van der Waals surface area contributed by atoms with Crippen LogP contribution in [0.4, 0.5) is 11.4 Å². The van der Waals surface area contributed by atoms with Crippen LogP contribution in [0.1, 0.15) is 32.6 Å². The minimum Gasteiger partial charge on any atom is -0.378 e. The molecule has 136 valence electrons. The van der Waals surface area contributed by atoms with Gasteiger partial charge in [-0.15, -0.1) is 0 Å². The van der Waals surface area contributed by atoms with Crippen molar-refractivity contribution in [1.29, 1.82) is 0 Å². The highest BCUT2D eigenvalue weighted by atomic mass is 16.6. The van der Waals surface area contributed by atoms with E-state index in [2.05, 4.69) is 16.0 Å². The van der Waals surface area contributed by atoms with E-state index in [0.717, 1.165) is 25.7 Å². The number of hydrogen-bond acceptors (Lipinski definition) is 5. The van der Waals surface area contributed by atoms with Crippen LogP contribution in [0, 0.1) is 16.0 Å². The summed E-state index contributed by atoms with van der Waals surface area (Å²) in [6.07, 6.45) is 4.03. The standard InChI is InChI=1S/C17H24N4O4/c1-12(22)20-16(13-6-2-3-7-13)17(23)19-11-10-18-14-8-4-5-9-15(14)21(24)25/h4-5,8-9,13,16,18H,2-3,6-7,10-11H2,1H3,(H,19,23)(H,20,22). The average molecular weight is 348 g/mol. The van der Waals surface area contributed by atoms with Gasteiger partial charge in [-0.2, -0.15) is 0 Å². The molecule has 0 heterocycles. The molecule has 1 atom stereocenters. The summed E-state index contributed by atoms with van der Waals surface area (Å²) in [5.74, 6) is -0.247. The summed E-state index contributed by atoms with van der Waals surface area (Å²) in [6.45, 7) is 2.08. The molecule has 1 aromatic carbocycles. The van der Waals surface area contributed by atoms with Gasteiger partial charge in [0.05, 0.1) is 4.92 Å². The van der Waals surface area contributed by atoms with Crippen molar-refractivity contribution in [2.45, 2.75) is 38.6 Å². The fourth-order valence-electron chi connectivity index (χ4n) is 3.18. The number of benzene rings is 1. The molecular weight excluding hydrogens is 324 g/mol. The third-order valence-corrected chi connectivity index (χ3v) is 4.35. The first-order valence-electron chi connectivity index (χ1n) is 8.51. The second-order valence-corrected chi connectivity index (χ2v) is 6.21. The number of carbonyl (C=O) groups is 2. The average Bonchev–Trinajstić information content (AvgIpc) is 3.10. The van der Waals surface area contributed by atoms with Crippen LogP contribution in [0.2, 0.25) is 0 Å². The highest BCUT2D eigenvalue weighted by molar-refractivity contribution is 5.87. The number of anilines is 1. The fourth-order valence-corrected chi connectivity index (χ4v) is 3.18. The Labute approximate surface area is 146 Å². The van der Waals surface area contributed by atoms with Gasteiger partial charge in [0.25, 0.3) is 5.69 Å². The van der Waals surface area contributed by atoms with E-state index in [-0.39, 0.29) is 23.4 Å². The first kappa shape index (κ1) is 18.7. The van der Waals surface area contributed by atoms with Gasteiger partial charge in [0.15, 0.2) is 0 Å². The SMILES string of the molecule is CC(=O)NC(C(=O)NCCNc1ccccc1[N+](=O)[O-])C1CCCC1. The van der Waals surface area contributed by atoms with E-state index in [9.17, 15) is 19.7 Å². The zero-order valence-corrected chi connectivity index (χ0v) is 14.3. The van der Waals surface area contributed by atoms with Gasteiger partial charge in [0, 0.05) is 26.1 Å². The van der Waals surface area contributed by atoms with E-state index >= 15 is 0 Å². The Morgan fingerprint density at radius 2 is 1.92 bits per heavy atom. The fraction of sp³-hybridized carbons (Fsp3) is 0.529. The number of nitrogens with one attached hydrogen (secondary N) is 3. The summed E-state index contributed by atoms with van der Waals surface area (Å²) in [5.41, 5.74) is 0.409. The van der Waals surface area contributed by atoms with Crippen LogP contribution in [-0.2, 0) is 9.59 Å². The Hall–Kier alpha value is -2.64. The Morgan fingerprint density at radius 1 is 1.24 bits per heavy atom. The minimum atomic E-state index is -0.508. The van der Waals surface area contributed by atoms with E-state index in [1.165, 1.54) is 13.0 Å². The number of nitro groups is 1. The molecule has 0 radical (unpaired) electrons. The normalized spacial score (nSPS) is 15.4. The van der Waals surface area contributed by atoms with Gasteiger partial charge >= 0.3 is 0 Å². The number of nitrogens with zero attached hydrogens (tertiary/aromatic N) is 1. The van der Waals surface area contributed by atoms with Crippen molar-refractivity contribution in [3.05, 3.63) is 34.4 Å². The third-order valence-electron chi connectivity index (χ3n) is 4.35. The number of rotatable bonds is 8. The summed E-state index contributed by atoms with van der Waals surface area (Å²) < 4.78 is 0. The quantitative estimate of drug-likeness (QED) is 0.377. The Morgan fingerprint density at radius 3 is 2.56 bits per heavy atom. The van der Waals surface area contributed by atoms with E-state index in [4.69, 9.17) is 0 Å². The summed E-state index contributed by atoms with van der Waals surface area (Å²) in [4.78, 5) is 34.3. The molecule has 2 amide bonds. The molecule has 0 aromatic heterocycles. The van der Waals surface area contributed by atoms with E-state index in [0.29, 0.717) is 18.8 Å². The van der Waals surface area contributed by atoms with Crippen LogP contribution < -0.4 is 16.0 Å². The summed E-state index contributed by atoms with van der Waals surface area (Å²) in [7, 11) is 0. The smallest absolute Gasteiger partial charge is 0.292 e. The first-order chi connectivity index (χ1) is 12.0. The summed E-state index contributed by atoms with van der Waals surface area (Å²) in [5, 5.41) is 19.5. The number of amides is 2. The van der Waals surface area contributed by atoms with Gasteiger partial charge in [-0.05, 0) is 24.8 Å². The first-order valence-corrected chi connectivity index (χ1v) is 8.51. The lowest BCUT2D eigenvalue weighted by atomic mass is 9.97. The van der Waals surface area contributed by atoms with Crippen LogP contribution in [0.3, 0.4) is 0 Å². The molecule has 0 bridgehead atoms. The van der Waals surface area contributed by atoms with Crippen molar-refractivity contribution in [2.75, 3.05) is 18.4 Å². The second kappa shape index (κ2) is 9.00. The van der Waals surface area contributed by atoms with Crippen molar-refractivity contribution in [2.24, 2.45) is 5.92 Å². The molecule has 8 heteroatoms. The number of hydrogen-bond donors (Lipinski definition) is 3. The number of para-hydroxylation sites is 2. The second-order valence-electron chi connectivity index (χ2n) is 6.21. The maximum absolute atomic E-state index is 12.4. The zero-order valence-electron chi connectivity index (χ0n) is 14.3. The molecule has 1 aromatic rings. The summed E-state index contributed by atoms with van der Waals surface area (Å²) >= 11 is 0. The van der Waals surface area contributed by atoms with Crippen molar-refractivity contribution in [3.63, 3.8) is 0 Å². The van der Waals surface area contributed by atoms with Crippen LogP contribution in [-0.4, -0.2) is 35.9 Å². The lowest BCUT2D eigenvalue weighted by Crippen LogP contribution is -2.50. The van der Waals surface area contributed by atoms with Crippen molar-refractivity contribution in [1.82, 2.24) is 10.6 Å². The number of nitro benzene ring substituents is 1. The topological polar surface area (TPSA) is 113 Å². The molecule has 1 fully saturated rings. The Bertz CT molecular complexity index is 629. The van der Waals surface area contributed by atoms with Crippen LogP contribution in [0.25, 0.3) is 0 Å². The van der Waals surface area contributed by atoms with Crippen molar-refractivity contribution < 1.29 is 14.5 Å². The van der Waals surface area contributed by atoms with E-state index in [1.807, 2.05) is 0 Å². The molecular formula is C17H24N4O4. The van der Waals surface area contributed by atoms with Gasteiger partial charge < -0.3 is 16.0 Å². The van der Waals surface area contributed by atoms with Crippen molar-refractivity contribution in [3.8, 4) is 0 Å². The zero-order chi connectivity index (χ0) is 18.2. The lowest BCUT2D eigenvalue weighted by molar-refractivity contribution is -0.384.